The van der Waals surface area contributed by atoms with Crippen LogP contribution in [0.5, 0.6) is 0 Å². The first-order chi connectivity index (χ1) is 29.7. The number of anilines is 3. The Bertz CT molecular complexity index is 2640. The summed E-state index contributed by atoms with van der Waals surface area (Å²) in [5, 5.41) is 0. The van der Waals surface area contributed by atoms with Gasteiger partial charge in [-0.05, 0) is 148 Å². The number of benzene rings is 8. The smallest absolute Gasteiger partial charge is 0.0708 e. The summed E-state index contributed by atoms with van der Waals surface area (Å²) in [4.78, 5) is 2.49. The van der Waals surface area contributed by atoms with Crippen LogP contribution in [0, 0.1) is 23.7 Å². The van der Waals surface area contributed by atoms with Gasteiger partial charge in [-0.3, -0.25) is 0 Å². The molecule has 0 amide bonds. The van der Waals surface area contributed by atoms with Gasteiger partial charge in [0.1, 0.15) is 0 Å². The molecule has 60 heavy (non-hydrogen) atoms. The standard InChI is InChI=1S/C59H49N/c1-5-15-43(16-6-1)45-25-29-51(30-26-45)60(52-31-27-46(28-32-52)44-17-7-2-8-18-44)53-33-34-56-57(40-53)58(47-19-9-3-10-20-47,48-21-11-4-12-22-48)54-23-13-14-24-55(54)59(56)49-36-41-35-42(38-49)39-50(59)37-41/h1-34,40-42,49-50H,35-39H2. The first kappa shape index (κ1) is 35.5. The molecule has 8 aromatic carbocycles. The van der Waals surface area contributed by atoms with Crippen molar-refractivity contribution in [2.24, 2.45) is 23.7 Å². The zero-order chi connectivity index (χ0) is 39.7. The van der Waals surface area contributed by atoms with Crippen LogP contribution in [0.15, 0.2) is 212 Å². The Morgan fingerprint density at radius 3 is 1.18 bits per heavy atom. The minimum atomic E-state index is -0.510. The molecule has 0 saturated heterocycles. The molecule has 5 aliphatic rings. The molecule has 5 aliphatic carbocycles. The summed E-state index contributed by atoms with van der Waals surface area (Å²) in [5.41, 5.74) is 16.5. The zero-order valence-corrected chi connectivity index (χ0v) is 34.0. The average molecular weight is 772 g/mol. The van der Waals surface area contributed by atoms with Gasteiger partial charge >= 0.3 is 0 Å². The lowest BCUT2D eigenvalue weighted by atomic mass is 9.38. The molecule has 0 aromatic heterocycles. The molecule has 8 aromatic rings. The fraction of sp³-hybridized carbons (Fsp3) is 0.186. The van der Waals surface area contributed by atoms with E-state index in [0.29, 0.717) is 11.8 Å². The van der Waals surface area contributed by atoms with Crippen LogP contribution in [-0.4, -0.2) is 0 Å². The van der Waals surface area contributed by atoms with Gasteiger partial charge in [-0.2, -0.15) is 0 Å². The van der Waals surface area contributed by atoms with E-state index in [9.17, 15) is 0 Å². The molecule has 4 saturated carbocycles. The van der Waals surface area contributed by atoms with Crippen molar-refractivity contribution in [3.8, 4) is 22.3 Å². The average Bonchev–Trinajstić information content (AvgIpc) is 3.32. The van der Waals surface area contributed by atoms with Crippen LogP contribution in [0.1, 0.15) is 65.5 Å². The molecule has 290 valence electrons. The van der Waals surface area contributed by atoms with Crippen LogP contribution in [0.4, 0.5) is 17.1 Å². The molecule has 0 unspecified atom stereocenters. The van der Waals surface area contributed by atoms with E-state index in [1.807, 2.05) is 0 Å². The minimum Gasteiger partial charge on any atom is -0.310 e. The summed E-state index contributed by atoms with van der Waals surface area (Å²) in [6.07, 6.45) is 6.83. The highest BCUT2D eigenvalue weighted by Gasteiger charge is 2.63. The van der Waals surface area contributed by atoms with Crippen molar-refractivity contribution in [1.29, 1.82) is 0 Å². The van der Waals surface area contributed by atoms with Crippen molar-refractivity contribution in [2.45, 2.75) is 42.9 Å². The van der Waals surface area contributed by atoms with E-state index in [4.69, 9.17) is 0 Å². The highest BCUT2D eigenvalue weighted by Crippen LogP contribution is 2.70. The van der Waals surface area contributed by atoms with E-state index in [1.54, 1.807) is 11.1 Å². The van der Waals surface area contributed by atoms with Crippen LogP contribution in [-0.2, 0) is 10.8 Å². The Hall–Kier alpha value is -6.44. The molecule has 1 nitrogen and oxygen atoms in total. The van der Waals surface area contributed by atoms with Gasteiger partial charge in [0, 0.05) is 22.5 Å². The van der Waals surface area contributed by atoms with Crippen LogP contribution in [0.3, 0.4) is 0 Å². The van der Waals surface area contributed by atoms with Crippen molar-refractivity contribution < 1.29 is 0 Å². The maximum Gasteiger partial charge on any atom is 0.0708 e. The lowest BCUT2D eigenvalue weighted by Crippen LogP contribution is -2.59. The van der Waals surface area contributed by atoms with Gasteiger partial charge in [0.2, 0.25) is 0 Å². The third-order valence-corrected chi connectivity index (χ3v) is 15.2. The van der Waals surface area contributed by atoms with Crippen molar-refractivity contribution >= 4 is 17.1 Å². The van der Waals surface area contributed by atoms with Crippen molar-refractivity contribution in [1.82, 2.24) is 0 Å². The van der Waals surface area contributed by atoms with Crippen LogP contribution < -0.4 is 4.90 Å². The normalized spacial score (nSPS) is 22.9. The summed E-state index contributed by atoms with van der Waals surface area (Å²) >= 11 is 0. The second kappa shape index (κ2) is 14.1. The fourth-order valence-electron chi connectivity index (χ4n) is 13.1. The Morgan fingerprint density at radius 2 is 0.700 bits per heavy atom. The second-order valence-electron chi connectivity index (χ2n) is 18.1. The van der Waals surface area contributed by atoms with Gasteiger partial charge in [-0.1, -0.05) is 176 Å². The predicted molar refractivity (Wildman–Crippen MR) is 248 cm³/mol. The molecular weight excluding hydrogens is 723 g/mol. The topological polar surface area (TPSA) is 3.24 Å². The van der Waals surface area contributed by atoms with Gasteiger partial charge < -0.3 is 4.90 Å². The largest absolute Gasteiger partial charge is 0.310 e. The van der Waals surface area contributed by atoms with Crippen molar-refractivity contribution in [3.05, 3.63) is 246 Å². The number of hydrogen-bond donors (Lipinski definition) is 0. The number of nitrogens with zero attached hydrogens (tertiary/aromatic N) is 1. The Balaban J connectivity index is 1.13. The van der Waals surface area contributed by atoms with Crippen LogP contribution >= 0.6 is 0 Å². The van der Waals surface area contributed by atoms with Gasteiger partial charge in [0.05, 0.1) is 5.41 Å². The lowest BCUT2D eigenvalue weighted by molar-refractivity contribution is -0.0440. The molecule has 13 rings (SSSR count). The minimum absolute atomic E-state index is 0.00949. The summed E-state index contributed by atoms with van der Waals surface area (Å²) in [7, 11) is 0. The van der Waals surface area contributed by atoms with Gasteiger partial charge in [0.15, 0.2) is 0 Å². The summed E-state index contributed by atoms with van der Waals surface area (Å²) in [6.45, 7) is 0. The molecule has 4 bridgehead atoms. The maximum absolute atomic E-state index is 2.62. The Labute approximate surface area is 355 Å². The molecule has 0 atom stereocenters. The van der Waals surface area contributed by atoms with Gasteiger partial charge in [0.25, 0.3) is 0 Å². The van der Waals surface area contributed by atoms with E-state index in [-0.39, 0.29) is 5.41 Å². The maximum atomic E-state index is 2.62. The predicted octanol–water partition coefficient (Wildman–Crippen LogP) is 14.9. The first-order valence-electron chi connectivity index (χ1n) is 22.2. The van der Waals surface area contributed by atoms with Gasteiger partial charge in [-0.25, -0.2) is 0 Å². The third kappa shape index (κ3) is 5.31. The summed E-state index contributed by atoms with van der Waals surface area (Å²) in [5.74, 6) is 3.04. The van der Waals surface area contributed by atoms with Crippen LogP contribution in [0.25, 0.3) is 22.3 Å². The van der Waals surface area contributed by atoms with Crippen LogP contribution in [0.2, 0.25) is 0 Å². The second-order valence-corrected chi connectivity index (χ2v) is 18.1. The molecule has 4 fully saturated rings. The number of fused-ring (bicyclic) bond motifs is 2. The zero-order valence-electron chi connectivity index (χ0n) is 34.0. The fourth-order valence-corrected chi connectivity index (χ4v) is 13.1. The molecule has 0 heterocycles. The molecule has 1 spiro atoms. The Morgan fingerprint density at radius 1 is 0.317 bits per heavy atom. The van der Waals surface area contributed by atoms with E-state index in [0.717, 1.165) is 23.2 Å². The SMILES string of the molecule is c1ccc(-c2ccc(N(c3ccc(-c4ccccc4)cc3)c3ccc4c(c3)C(c3ccccc3)(c3ccccc3)c3ccccc3C43C4CC5CC(C4)CC3C5)cc2)cc1. The van der Waals surface area contributed by atoms with Crippen molar-refractivity contribution in [2.75, 3.05) is 4.90 Å². The summed E-state index contributed by atoms with van der Waals surface area (Å²) < 4.78 is 0. The Kier molecular flexibility index (Phi) is 8.34. The van der Waals surface area contributed by atoms with E-state index in [1.165, 1.54) is 82.3 Å². The van der Waals surface area contributed by atoms with E-state index in [2.05, 4.69) is 217 Å². The lowest BCUT2D eigenvalue weighted by Gasteiger charge is -2.65. The van der Waals surface area contributed by atoms with Crippen molar-refractivity contribution in [3.63, 3.8) is 0 Å². The first-order valence-corrected chi connectivity index (χ1v) is 22.2. The van der Waals surface area contributed by atoms with E-state index >= 15 is 0 Å². The molecule has 0 N–H and O–H groups in total. The highest BCUT2D eigenvalue weighted by molar-refractivity contribution is 5.82. The third-order valence-electron chi connectivity index (χ3n) is 15.2. The monoisotopic (exact) mass is 771 g/mol. The quantitative estimate of drug-likeness (QED) is 0.156. The highest BCUT2D eigenvalue weighted by atomic mass is 15.1. The molecule has 0 radical (unpaired) electrons. The number of rotatable bonds is 7. The molecular formula is C59H49N. The molecule has 0 aliphatic heterocycles. The number of hydrogen-bond acceptors (Lipinski definition) is 1. The van der Waals surface area contributed by atoms with Gasteiger partial charge in [-0.15, -0.1) is 0 Å². The van der Waals surface area contributed by atoms with E-state index < -0.39 is 5.41 Å². The summed E-state index contributed by atoms with van der Waals surface area (Å²) in [6, 6.07) is 80.1. The molecule has 1 heteroatoms.